The van der Waals surface area contributed by atoms with Crippen LogP contribution in [-0.4, -0.2) is 42.5 Å². The predicted octanol–water partition coefficient (Wildman–Crippen LogP) is 6.68. The van der Waals surface area contributed by atoms with Crippen LogP contribution in [0.5, 0.6) is 0 Å². The highest BCUT2D eigenvalue weighted by Gasteiger charge is 2.31. The van der Waals surface area contributed by atoms with Gasteiger partial charge < -0.3 is 4.79 Å². The van der Waals surface area contributed by atoms with Gasteiger partial charge in [0.15, 0.2) is 0 Å². The fraction of sp³-hybridized carbons (Fsp3) is 0.652. The van der Waals surface area contributed by atoms with Crippen molar-refractivity contribution in [2.45, 2.75) is 78.1 Å². The van der Waals surface area contributed by atoms with Crippen molar-refractivity contribution in [2.24, 2.45) is 17.8 Å². The highest BCUT2D eigenvalue weighted by Crippen LogP contribution is 2.29. The lowest BCUT2D eigenvalue weighted by Crippen LogP contribution is -2.24. The summed E-state index contributed by atoms with van der Waals surface area (Å²) in [7, 11) is 0. The molecule has 0 aliphatic carbocycles. The Morgan fingerprint density at radius 1 is 0.526 bits per heavy atom. The zero-order chi connectivity index (χ0) is 30.4. The van der Waals surface area contributed by atoms with Crippen molar-refractivity contribution in [1.29, 1.82) is 0 Å². The molecule has 0 heterocycles. The molecule has 0 amide bonds. The highest BCUT2D eigenvalue weighted by molar-refractivity contribution is 6.67. The highest BCUT2D eigenvalue weighted by atomic mass is 35.5. The second kappa shape index (κ2) is 25.4. The zero-order valence-corrected chi connectivity index (χ0v) is 26.0. The van der Waals surface area contributed by atoms with Crippen molar-refractivity contribution in [1.82, 2.24) is 0 Å². The molecule has 0 aromatic carbocycles. The van der Waals surface area contributed by atoms with Crippen LogP contribution in [0.4, 0.5) is 0 Å². The number of carbonyl (C=O) groups is 8. The van der Waals surface area contributed by atoms with E-state index in [-0.39, 0.29) is 48.4 Å². The quantitative estimate of drug-likeness (QED) is 0.146. The summed E-state index contributed by atoms with van der Waals surface area (Å²) in [6, 6.07) is 0. The smallest absolute Gasteiger partial charge is 0.225 e. The molecule has 0 N–H and O–H groups in total. The fourth-order valence-corrected chi connectivity index (χ4v) is 3.86. The van der Waals surface area contributed by atoms with Crippen LogP contribution >= 0.6 is 81.2 Å². The van der Waals surface area contributed by atoms with Gasteiger partial charge in [-0.1, -0.05) is 6.92 Å². The van der Waals surface area contributed by atoms with Crippen molar-refractivity contribution in [3.8, 4) is 0 Å². The third kappa shape index (κ3) is 29.9. The Morgan fingerprint density at radius 2 is 0.947 bits per heavy atom. The lowest BCUT2D eigenvalue weighted by atomic mass is 9.85. The van der Waals surface area contributed by atoms with E-state index in [0.717, 1.165) is 6.42 Å². The Kier molecular flexibility index (Phi) is 27.9. The average Bonchev–Trinajstić information content (AvgIpc) is 2.74. The number of ketones is 1. The van der Waals surface area contributed by atoms with Crippen molar-refractivity contribution in [3.63, 3.8) is 0 Å². The lowest BCUT2D eigenvalue weighted by Gasteiger charge is -2.20. The summed E-state index contributed by atoms with van der Waals surface area (Å²) >= 11 is 36.7. The van der Waals surface area contributed by atoms with E-state index in [9.17, 15) is 38.4 Å². The molecule has 38 heavy (non-hydrogen) atoms. The van der Waals surface area contributed by atoms with Crippen LogP contribution < -0.4 is 0 Å². The van der Waals surface area contributed by atoms with Gasteiger partial charge in [0, 0.05) is 49.9 Å². The minimum atomic E-state index is -1.00. The predicted molar refractivity (Wildman–Crippen MR) is 149 cm³/mol. The first-order chi connectivity index (χ1) is 17.4. The zero-order valence-electron chi connectivity index (χ0n) is 20.7. The molecular formula is C23H29Cl7O8. The van der Waals surface area contributed by atoms with E-state index >= 15 is 0 Å². The first-order valence-electron chi connectivity index (χ1n) is 11.2. The van der Waals surface area contributed by atoms with Gasteiger partial charge >= 0.3 is 0 Å². The third-order valence-corrected chi connectivity index (χ3v) is 6.19. The normalized spacial score (nSPS) is 12.3. The van der Waals surface area contributed by atoms with E-state index in [2.05, 4.69) is 0 Å². The molecule has 0 saturated heterocycles. The summed E-state index contributed by atoms with van der Waals surface area (Å²) in [4.78, 5) is 86.1. The Bertz CT molecular complexity index is 819. The molecule has 3 unspecified atom stereocenters. The van der Waals surface area contributed by atoms with Crippen LogP contribution in [0.15, 0.2) is 0 Å². The Morgan fingerprint density at radius 3 is 1.24 bits per heavy atom. The minimum Gasteiger partial charge on any atom is -0.300 e. The van der Waals surface area contributed by atoms with E-state index in [1.807, 2.05) is 6.92 Å². The molecule has 3 atom stereocenters. The molecule has 0 aromatic rings. The van der Waals surface area contributed by atoms with Crippen molar-refractivity contribution < 1.29 is 38.4 Å². The molecule has 0 bridgehead atoms. The topological polar surface area (TPSA) is 137 Å². The number of hydrogen-bond acceptors (Lipinski definition) is 8. The summed E-state index contributed by atoms with van der Waals surface area (Å²) in [6.45, 7) is 3.42. The fourth-order valence-electron chi connectivity index (χ4n) is 2.70. The van der Waals surface area contributed by atoms with E-state index in [0.29, 0.717) is 25.7 Å². The summed E-state index contributed by atoms with van der Waals surface area (Å²) in [5.41, 5.74) is 0. The molecule has 0 fully saturated rings. The number of Topliss-reactive ketones (excluding diaryl/α,β-unsaturated/α-hetero) is 1. The van der Waals surface area contributed by atoms with Crippen LogP contribution in [0.2, 0.25) is 0 Å². The molecule has 218 valence electrons. The van der Waals surface area contributed by atoms with E-state index in [1.165, 1.54) is 6.92 Å². The van der Waals surface area contributed by atoms with Crippen LogP contribution in [0.25, 0.3) is 0 Å². The number of carbonyl (C=O) groups excluding carboxylic acids is 8. The molecule has 0 rings (SSSR count). The van der Waals surface area contributed by atoms with Crippen LogP contribution in [0.1, 0.15) is 78.1 Å². The molecule has 0 aliphatic heterocycles. The van der Waals surface area contributed by atoms with Gasteiger partial charge in [0.05, 0.1) is 0 Å². The van der Waals surface area contributed by atoms with Gasteiger partial charge in [-0.15, -0.1) is 0 Å². The van der Waals surface area contributed by atoms with E-state index < -0.39 is 44.0 Å². The van der Waals surface area contributed by atoms with Crippen LogP contribution in [-0.2, 0) is 38.4 Å². The summed E-state index contributed by atoms with van der Waals surface area (Å²) < 4.78 is 0. The van der Waals surface area contributed by atoms with Crippen LogP contribution in [0, 0.1) is 17.8 Å². The van der Waals surface area contributed by atoms with Gasteiger partial charge in [-0.05, 0) is 120 Å². The lowest BCUT2D eigenvalue weighted by molar-refractivity contribution is -0.122. The maximum atomic E-state index is 11.5. The average molecular weight is 682 g/mol. The molecular weight excluding hydrogens is 652 g/mol. The minimum absolute atomic E-state index is 0.0409. The molecule has 0 aromatic heterocycles. The monoisotopic (exact) mass is 678 g/mol. The summed E-state index contributed by atoms with van der Waals surface area (Å²) in [5, 5.41) is -4.45. The van der Waals surface area contributed by atoms with Gasteiger partial charge in [-0.25, -0.2) is 0 Å². The maximum absolute atomic E-state index is 11.5. The second-order valence-electron chi connectivity index (χ2n) is 7.94. The summed E-state index contributed by atoms with van der Waals surface area (Å²) in [5.74, 6) is -2.69. The second-order valence-corrected chi connectivity index (χ2v) is 10.7. The van der Waals surface area contributed by atoms with E-state index in [4.69, 9.17) is 81.2 Å². The van der Waals surface area contributed by atoms with Gasteiger partial charge in [-0.3, -0.25) is 33.6 Å². The number of rotatable bonds is 18. The van der Waals surface area contributed by atoms with Gasteiger partial charge in [0.2, 0.25) is 36.7 Å². The number of hydrogen-bond donors (Lipinski definition) is 0. The van der Waals surface area contributed by atoms with E-state index in [1.54, 1.807) is 0 Å². The standard InChI is InChI=1S/C13H13Cl5O5.C6H9ClO2.C4H7ClO/c14-9(19)2-1-6(11(16)21)3-7(12(17)22)4-8(13(18)23)5-10(15)20;1-5(8)3-2-4-6(7)9;1-2-3-4(5)6/h6-8H,1-5H2;2-4H2,1H3;2-3H2,1H3. The van der Waals surface area contributed by atoms with Gasteiger partial charge in [0.1, 0.15) is 5.78 Å². The van der Waals surface area contributed by atoms with Crippen molar-refractivity contribution >= 4 is 124 Å². The third-order valence-electron chi connectivity index (χ3n) is 4.55. The Labute approximate surface area is 256 Å². The SMILES string of the molecule is CC(=O)CCCC(=O)Cl.CCCC(=O)Cl.O=C(Cl)CCC(CC(CC(CC(=O)Cl)C(=O)Cl)C(=O)Cl)C(=O)Cl. The van der Waals surface area contributed by atoms with Gasteiger partial charge in [-0.2, -0.15) is 0 Å². The van der Waals surface area contributed by atoms with Crippen LogP contribution in [0.3, 0.4) is 0 Å². The Hall–Kier alpha value is -0.610. The largest absolute Gasteiger partial charge is 0.300 e. The first-order valence-corrected chi connectivity index (χ1v) is 13.9. The number of halogens is 7. The Balaban J connectivity index is -0.000000665. The van der Waals surface area contributed by atoms with Gasteiger partial charge in [0.25, 0.3) is 0 Å². The molecule has 0 saturated carbocycles. The molecule has 0 radical (unpaired) electrons. The van der Waals surface area contributed by atoms with Crippen molar-refractivity contribution in [3.05, 3.63) is 0 Å². The van der Waals surface area contributed by atoms with Crippen molar-refractivity contribution in [2.75, 3.05) is 0 Å². The molecule has 15 heteroatoms. The maximum Gasteiger partial charge on any atom is 0.225 e. The molecule has 0 spiro atoms. The molecule has 8 nitrogen and oxygen atoms in total. The first kappa shape index (κ1) is 41.9. The molecule has 0 aliphatic rings. The summed E-state index contributed by atoms with van der Waals surface area (Å²) in [6.07, 6.45) is 2.03.